The van der Waals surface area contributed by atoms with E-state index in [0.717, 1.165) is 5.69 Å². The molecule has 1 N–H and O–H groups in total. The van der Waals surface area contributed by atoms with Gasteiger partial charge < -0.3 is 14.7 Å². The first-order valence-electron chi connectivity index (χ1n) is 6.21. The van der Waals surface area contributed by atoms with Gasteiger partial charge in [-0.05, 0) is 26.3 Å². The van der Waals surface area contributed by atoms with Crippen molar-refractivity contribution in [2.75, 3.05) is 25.2 Å². The fraction of sp³-hybridized carbons (Fsp3) is 0.538. The van der Waals surface area contributed by atoms with Gasteiger partial charge in [0.1, 0.15) is 0 Å². The molecule has 0 saturated carbocycles. The topological polar surface area (TPSA) is 75.8 Å². The molecule has 6 nitrogen and oxygen atoms in total. The van der Waals surface area contributed by atoms with Crippen molar-refractivity contribution in [3.05, 3.63) is 28.3 Å². The quantitative estimate of drug-likeness (QED) is 0.606. The van der Waals surface area contributed by atoms with Crippen molar-refractivity contribution in [1.82, 2.24) is 0 Å². The molecule has 0 aromatic heterocycles. The highest BCUT2D eigenvalue weighted by Gasteiger charge is 2.18. The van der Waals surface area contributed by atoms with Crippen LogP contribution in [0.4, 0.5) is 11.4 Å². The van der Waals surface area contributed by atoms with Crippen LogP contribution in [0.15, 0.2) is 18.2 Å². The largest absolute Gasteiger partial charge is 0.490 e. The number of benzene rings is 1. The van der Waals surface area contributed by atoms with Crippen LogP contribution in [0.2, 0.25) is 0 Å². The number of ether oxygens (including phenoxy) is 1. The Hall–Kier alpha value is -1.82. The molecule has 0 fully saturated rings. The SMILES string of the molecule is COc1cc(N(CCCO)C(C)C)ccc1[N+](=O)[O-]. The van der Waals surface area contributed by atoms with E-state index in [2.05, 4.69) is 4.90 Å². The molecule has 106 valence electrons. The van der Waals surface area contributed by atoms with E-state index < -0.39 is 4.92 Å². The summed E-state index contributed by atoms with van der Waals surface area (Å²) in [6.07, 6.45) is 0.650. The number of hydrogen-bond donors (Lipinski definition) is 1. The van der Waals surface area contributed by atoms with E-state index in [1.54, 1.807) is 12.1 Å². The Morgan fingerprint density at radius 2 is 2.16 bits per heavy atom. The van der Waals surface area contributed by atoms with E-state index in [0.29, 0.717) is 13.0 Å². The highest BCUT2D eigenvalue weighted by molar-refractivity contribution is 5.59. The van der Waals surface area contributed by atoms with Crippen molar-refractivity contribution in [2.24, 2.45) is 0 Å². The number of nitro benzene ring substituents is 1. The average molecular weight is 268 g/mol. The highest BCUT2D eigenvalue weighted by atomic mass is 16.6. The molecule has 0 heterocycles. The highest BCUT2D eigenvalue weighted by Crippen LogP contribution is 2.32. The molecule has 0 radical (unpaired) electrons. The molecular formula is C13H20N2O4. The Labute approximate surface area is 112 Å². The van der Waals surface area contributed by atoms with Crippen LogP contribution < -0.4 is 9.64 Å². The minimum atomic E-state index is -0.462. The second-order valence-corrected chi connectivity index (χ2v) is 4.48. The zero-order valence-corrected chi connectivity index (χ0v) is 11.5. The monoisotopic (exact) mass is 268 g/mol. The van der Waals surface area contributed by atoms with Crippen LogP contribution in [0.3, 0.4) is 0 Å². The molecule has 0 aliphatic carbocycles. The van der Waals surface area contributed by atoms with Crippen LogP contribution in [-0.2, 0) is 0 Å². The molecule has 0 atom stereocenters. The summed E-state index contributed by atoms with van der Waals surface area (Å²) >= 11 is 0. The predicted molar refractivity (Wildman–Crippen MR) is 73.8 cm³/mol. The van der Waals surface area contributed by atoms with Gasteiger partial charge in [-0.2, -0.15) is 0 Å². The molecule has 19 heavy (non-hydrogen) atoms. The van der Waals surface area contributed by atoms with Crippen LogP contribution in [0.1, 0.15) is 20.3 Å². The van der Waals surface area contributed by atoms with Crippen molar-refractivity contribution in [2.45, 2.75) is 26.3 Å². The summed E-state index contributed by atoms with van der Waals surface area (Å²) in [4.78, 5) is 12.5. The van der Waals surface area contributed by atoms with Crippen LogP contribution >= 0.6 is 0 Å². The standard InChI is InChI=1S/C13H20N2O4/c1-10(2)14(7-4-8-16)11-5-6-12(15(17)18)13(9-11)19-3/h5-6,9-10,16H,4,7-8H2,1-3H3. The lowest BCUT2D eigenvalue weighted by Crippen LogP contribution is -2.32. The number of hydrogen-bond acceptors (Lipinski definition) is 5. The summed E-state index contributed by atoms with van der Waals surface area (Å²) in [6, 6.07) is 5.05. The fourth-order valence-corrected chi connectivity index (χ4v) is 1.92. The lowest BCUT2D eigenvalue weighted by Gasteiger charge is -2.29. The van der Waals surface area contributed by atoms with Gasteiger partial charge in [0.05, 0.1) is 12.0 Å². The summed E-state index contributed by atoms with van der Waals surface area (Å²) in [5.74, 6) is 0.247. The molecule has 0 aliphatic heterocycles. The fourth-order valence-electron chi connectivity index (χ4n) is 1.92. The van der Waals surface area contributed by atoms with E-state index in [1.165, 1.54) is 13.2 Å². The maximum atomic E-state index is 10.8. The van der Waals surface area contributed by atoms with Crippen molar-refractivity contribution < 1.29 is 14.8 Å². The second kappa shape index (κ2) is 6.94. The number of nitro groups is 1. The summed E-state index contributed by atoms with van der Waals surface area (Å²) in [7, 11) is 1.42. The maximum absolute atomic E-state index is 10.8. The van der Waals surface area contributed by atoms with Gasteiger partial charge in [0, 0.05) is 37.0 Å². The Balaban J connectivity index is 3.07. The van der Waals surface area contributed by atoms with Gasteiger partial charge >= 0.3 is 5.69 Å². The minimum absolute atomic E-state index is 0.0443. The Morgan fingerprint density at radius 3 is 2.63 bits per heavy atom. The van der Waals surface area contributed by atoms with E-state index in [4.69, 9.17) is 9.84 Å². The van der Waals surface area contributed by atoms with Crippen molar-refractivity contribution >= 4 is 11.4 Å². The summed E-state index contributed by atoms with van der Waals surface area (Å²) in [6.45, 7) is 4.87. The molecule has 1 rings (SSSR count). The van der Waals surface area contributed by atoms with Crippen molar-refractivity contribution in [3.63, 3.8) is 0 Å². The second-order valence-electron chi connectivity index (χ2n) is 4.48. The summed E-state index contributed by atoms with van der Waals surface area (Å²) in [5.41, 5.74) is 0.808. The van der Waals surface area contributed by atoms with E-state index in [1.807, 2.05) is 13.8 Å². The summed E-state index contributed by atoms with van der Waals surface area (Å²) in [5, 5.41) is 19.8. The third kappa shape index (κ3) is 3.82. The van der Waals surface area contributed by atoms with Crippen LogP contribution in [0.25, 0.3) is 0 Å². The number of methoxy groups -OCH3 is 1. The molecule has 0 amide bonds. The predicted octanol–water partition coefficient (Wildman–Crippen LogP) is 2.20. The van der Waals surface area contributed by atoms with E-state index in [9.17, 15) is 10.1 Å². The first kappa shape index (κ1) is 15.2. The molecule has 1 aromatic carbocycles. The lowest BCUT2D eigenvalue weighted by molar-refractivity contribution is -0.385. The zero-order chi connectivity index (χ0) is 14.4. The molecule has 0 bridgehead atoms. The van der Waals surface area contributed by atoms with Gasteiger partial charge in [-0.3, -0.25) is 10.1 Å². The van der Waals surface area contributed by atoms with Gasteiger partial charge in [0.15, 0.2) is 5.75 Å². The van der Waals surface area contributed by atoms with Crippen LogP contribution in [0, 0.1) is 10.1 Å². The number of rotatable bonds is 7. The minimum Gasteiger partial charge on any atom is -0.490 e. The van der Waals surface area contributed by atoms with E-state index >= 15 is 0 Å². The molecular weight excluding hydrogens is 248 g/mol. The van der Waals surface area contributed by atoms with Gasteiger partial charge in [-0.15, -0.1) is 0 Å². The number of aliphatic hydroxyl groups excluding tert-OH is 1. The van der Waals surface area contributed by atoms with Gasteiger partial charge in [-0.25, -0.2) is 0 Å². The number of nitrogens with zero attached hydrogens (tertiary/aromatic N) is 2. The Kier molecular flexibility index (Phi) is 5.57. The maximum Gasteiger partial charge on any atom is 0.311 e. The average Bonchev–Trinajstić information content (AvgIpc) is 2.38. The normalized spacial score (nSPS) is 10.6. The summed E-state index contributed by atoms with van der Waals surface area (Å²) < 4.78 is 5.06. The van der Waals surface area contributed by atoms with E-state index in [-0.39, 0.29) is 24.1 Å². The Morgan fingerprint density at radius 1 is 1.47 bits per heavy atom. The van der Waals surface area contributed by atoms with Gasteiger partial charge in [0.25, 0.3) is 0 Å². The smallest absolute Gasteiger partial charge is 0.311 e. The Bertz CT molecular complexity index is 435. The van der Waals surface area contributed by atoms with Crippen molar-refractivity contribution in [3.8, 4) is 5.75 Å². The number of anilines is 1. The molecule has 0 spiro atoms. The molecule has 0 aliphatic rings. The van der Waals surface area contributed by atoms with Gasteiger partial charge in [-0.1, -0.05) is 0 Å². The number of aliphatic hydroxyl groups is 1. The third-order valence-corrected chi connectivity index (χ3v) is 2.87. The molecule has 0 saturated heterocycles. The van der Waals surface area contributed by atoms with Crippen molar-refractivity contribution in [1.29, 1.82) is 0 Å². The van der Waals surface area contributed by atoms with Crippen LogP contribution in [0.5, 0.6) is 5.75 Å². The molecule has 6 heteroatoms. The first-order chi connectivity index (χ1) is 9.01. The zero-order valence-electron chi connectivity index (χ0n) is 11.5. The molecule has 0 unspecified atom stereocenters. The third-order valence-electron chi connectivity index (χ3n) is 2.87. The van der Waals surface area contributed by atoms with Gasteiger partial charge in [0.2, 0.25) is 0 Å². The van der Waals surface area contributed by atoms with Crippen LogP contribution in [-0.4, -0.2) is 36.3 Å². The first-order valence-corrected chi connectivity index (χ1v) is 6.21. The lowest BCUT2D eigenvalue weighted by atomic mass is 10.2. The molecule has 1 aromatic rings.